The van der Waals surface area contributed by atoms with Gasteiger partial charge in [-0.25, -0.2) is 0 Å². The number of rotatable bonds is 1. The van der Waals surface area contributed by atoms with Crippen LogP contribution >= 0.6 is 0 Å². The van der Waals surface area contributed by atoms with Crippen molar-refractivity contribution in [2.45, 2.75) is 25.0 Å². The van der Waals surface area contributed by atoms with E-state index in [0.29, 0.717) is 25.9 Å². The van der Waals surface area contributed by atoms with Crippen molar-refractivity contribution in [3.8, 4) is 0 Å². The molecule has 5 nitrogen and oxygen atoms in total. The van der Waals surface area contributed by atoms with Gasteiger partial charge in [0.05, 0.1) is 6.10 Å². The van der Waals surface area contributed by atoms with Gasteiger partial charge in [-0.3, -0.25) is 9.59 Å². The van der Waals surface area contributed by atoms with Crippen LogP contribution in [0.15, 0.2) is 0 Å². The first-order valence-corrected chi connectivity index (χ1v) is 4.43. The molecule has 72 valence electrons. The second kappa shape index (κ2) is 2.99. The van der Waals surface area contributed by atoms with Gasteiger partial charge in [-0.1, -0.05) is 0 Å². The second-order valence-corrected chi connectivity index (χ2v) is 3.56. The molecule has 0 aliphatic carbocycles. The molecule has 2 aliphatic rings. The van der Waals surface area contributed by atoms with Gasteiger partial charge in [-0.2, -0.15) is 0 Å². The highest BCUT2D eigenvalue weighted by Crippen LogP contribution is 2.14. The molecule has 0 aromatic rings. The average Bonchev–Trinajstić information content (AvgIpc) is 2.45. The molecule has 5 heteroatoms. The van der Waals surface area contributed by atoms with Crippen molar-refractivity contribution in [1.29, 1.82) is 0 Å². The summed E-state index contributed by atoms with van der Waals surface area (Å²) in [6, 6.07) is -0.347. The summed E-state index contributed by atoms with van der Waals surface area (Å²) in [5.74, 6) is -0.115. The van der Waals surface area contributed by atoms with Gasteiger partial charge in [0.15, 0.2) is 0 Å². The Kier molecular flexibility index (Phi) is 1.95. The molecule has 2 aliphatic heterocycles. The van der Waals surface area contributed by atoms with Crippen LogP contribution in [0.25, 0.3) is 0 Å². The molecule has 2 fully saturated rings. The first-order valence-electron chi connectivity index (χ1n) is 4.43. The number of hydrogen-bond donors (Lipinski definition) is 2. The molecular formula is C8H12N2O3. The smallest absolute Gasteiger partial charge is 0.245 e. The number of β-amino-alcohol motifs (C(OH)–C–C–N with tert-alkyl or cyclic N) is 1. The number of nitrogens with zero attached hydrogens (tertiary/aromatic N) is 1. The maximum Gasteiger partial charge on any atom is 0.245 e. The number of likely N-dealkylation sites (tertiary alicyclic amines) is 1. The highest BCUT2D eigenvalue weighted by atomic mass is 16.3. The quantitative estimate of drug-likeness (QED) is 0.519. The van der Waals surface area contributed by atoms with E-state index in [9.17, 15) is 9.59 Å². The summed E-state index contributed by atoms with van der Waals surface area (Å²) in [7, 11) is 0. The van der Waals surface area contributed by atoms with Gasteiger partial charge in [-0.15, -0.1) is 0 Å². The monoisotopic (exact) mass is 184 g/mol. The number of nitrogens with one attached hydrogen (secondary N) is 1. The van der Waals surface area contributed by atoms with Crippen molar-refractivity contribution in [3.05, 3.63) is 0 Å². The Morgan fingerprint density at radius 2 is 2.23 bits per heavy atom. The van der Waals surface area contributed by atoms with Gasteiger partial charge >= 0.3 is 0 Å². The standard InChI is InChI=1S/C8H12N2O3/c11-5-3-10(4-5)8(13)6-1-2-7(12)9-6/h5-6,11H,1-4H2,(H,9,12)/t6-/m0/s1. The SMILES string of the molecule is O=C1CC[C@@H](C(=O)N2CC(O)C2)N1. The fourth-order valence-electron chi connectivity index (χ4n) is 1.65. The van der Waals surface area contributed by atoms with Crippen LogP contribution in [0.1, 0.15) is 12.8 Å². The average molecular weight is 184 g/mol. The Balaban J connectivity index is 1.87. The highest BCUT2D eigenvalue weighted by Gasteiger charge is 2.36. The summed E-state index contributed by atoms with van der Waals surface area (Å²) >= 11 is 0. The number of hydrogen-bond acceptors (Lipinski definition) is 3. The zero-order chi connectivity index (χ0) is 9.42. The van der Waals surface area contributed by atoms with E-state index >= 15 is 0 Å². The first kappa shape index (κ1) is 8.50. The summed E-state index contributed by atoms with van der Waals surface area (Å²) < 4.78 is 0. The van der Waals surface area contributed by atoms with Crippen LogP contribution in [0.3, 0.4) is 0 Å². The summed E-state index contributed by atoms with van der Waals surface area (Å²) in [5.41, 5.74) is 0. The summed E-state index contributed by atoms with van der Waals surface area (Å²) in [4.78, 5) is 23.9. The molecular weight excluding hydrogens is 172 g/mol. The largest absolute Gasteiger partial charge is 0.389 e. The Bertz CT molecular complexity index is 248. The van der Waals surface area contributed by atoms with E-state index in [1.807, 2.05) is 0 Å². The van der Waals surface area contributed by atoms with Crippen molar-refractivity contribution in [2.75, 3.05) is 13.1 Å². The van der Waals surface area contributed by atoms with Crippen LogP contribution < -0.4 is 5.32 Å². The molecule has 0 bridgehead atoms. The molecule has 2 amide bonds. The fraction of sp³-hybridized carbons (Fsp3) is 0.750. The third-order valence-corrected chi connectivity index (χ3v) is 2.47. The summed E-state index contributed by atoms with van der Waals surface area (Å²) in [6.45, 7) is 0.816. The highest BCUT2D eigenvalue weighted by molar-refractivity contribution is 5.91. The predicted molar refractivity (Wildman–Crippen MR) is 43.8 cm³/mol. The van der Waals surface area contributed by atoms with Crippen LogP contribution in [0.5, 0.6) is 0 Å². The third-order valence-electron chi connectivity index (χ3n) is 2.47. The Hall–Kier alpha value is -1.10. The molecule has 0 aromatic heterocycles. The van der Waals surface area contributed by atoms with E-state index in [-0.39, 0.29) is 24.0 Å². The van der Waals surface area contributed by atoms with Crippen LogP contribution in [0, 0.1) is 0 Å². The van der Waals surface area contributed by atoms with E-state index in [1.165, 1.54) is 0 Å². The lowest BCUT2D eigenvalue weighted by Crippen LogP contribution is -2.57. The van der Waals surface area contributed by atoms with Gasteiger partial charge in [0.2, 0.25) is 11.8 Å². The third kappa shape index (κ3) is 1.51. The second-order valence-electron chi connectivity index (χ2n) is 3.56. The zero-order valence-electron chi connectivity index (χ0n) is 7.19. The van der Waals surface area contributed by atoms with E-state index in [1.54, 1.807) is 4.90 Å². The van der Waals surface area contributed by atoms with Crippen LogP contribution in [-0.2, 0) is 9.59 Å². The normalized spacial score (nSPS) is 28.5. The molecule has 2 saturated heterocycles. The van der Waals surface area contributed by atoms with Crippen molar-refractivity contribution < 1.29 is 14.7 Å². The van der Waals surface area contributed by atoms with Gasteiger partial charge in [0.1, 0.15) is 6.04 Å². The Labute approximate surface area is 75.7 Å². The van der Waals surface area contributed by atoms with E-state index in [0.717, 1.165) is 0 Å². The fourth-order valence-corrected chi connectivity index (χ4v) is 1.65. The number of aliphatic hydroxyl groups excluding tert-OH is 1. The minimum atomic E-state index is -0.374. The van der Waals surface area contributed by atoms with E-state index in [4.69, 9.17) is 5.11 Å². The first-order chi connectivity index (χ1) is 6.16. The Morgan fingerprint density at radius 3 is 2.69 bits per heavy atom. The lowest BCUT2D eigenvalue weighted by molar-refractivity contribution is -0.143. The molecule has 2 heterocycles. The summed E-state index contributed by atoms with van der Waals surface area (Å²) in [5, 5.41) is 11.6. The van der Waals surface area contributed by atoms with Crippen molar-refractivity contribution in [1.82, 2.24) is 10.2 Å². The lowest BCUT2D eigenvalue weighted by Gasteiger charge is -2.37. The van der Waals surface area contributed by atoms with E-state index < -0.39 is 0 Å². The predicted octanol–water partition coefficient (Wildman–Crippen LogP) is -1.53. The minimum absolute atomic E-state index is 0.0561. The number of amides is 2. The van der Waals surface area contributed by atoms with Gasteiger partial charge in [0, 0.05) is 19.5 Å². The molecule has 2 rings (SSSR count). The van der Waals surface area contributed by atoms with Crippen molar-refractivity contribution in [2.24, 2.45) is 0 Å². The van der Waals surface area contributed by atoms with Crippen LogP contribution in [0.4, 0.5) is 0 Å². The van der Waals surface area contributed by atoms with Gasteiger partial charge in [-0.05, 0) is 6.42 Å². The Morgan fingerprint density at radius 1 is 1.54 bits per heavy atom. The number of aliphatic hydroxyl groups is 1. The van der Waals surface area contributed by atoms with Gasteiger partial charge < -0.3 is 15.3 Å². The van der Waals surface area contributed by atoms with Gasteiger partial charge in [0.25, 0.3) is 0 Å². The maximum absolute atomic E-state index is 11.5. The molecule has 0 radical (unpaired) electrons. The zero-order valence-corrected chi connectivity index (χ0v) is 7.19. The van der Waals surface area contributed by atoms with Crippen molar-refractivity contribution >= 4 is 11.8 Å². The molecule has 0 unspecified atom stereocenters. The molecule has 1 atom stereocenters. The minimum Gasteiger partial charge on any atom is -0.389 e. The number of carbonyl (C=O) groups is 2. The lowest BCUT2D eigenvalue weighted by atomic mass is 10.1. The maximum atomic E-state index is 11.5. The van der Waals surface area contributed by atoms with Crippen LogP contribution in [-0.4, -0.2) is 47.1 Å². The molecule has 0 aromatic carbocycles. The van der Waals surface area contributed by atoms with Crippen molar-refractivity contribution in [3.63, 3.8) is 0 Å². The molecule has 0 saturated carbocycles. The topological polar surface area (TPSA) is 69.6 Å². The molecule has 0 spiro atoms. The number of carbonyl (C=O) groups excluding carboxylic acids is 2. The van der Waals surface area contributed by atoms with Crippen LogP contribution in [0.2, 0.25) is 0 Å². The molecule has 13 heavy (non-hydrogen) atoms. The summed E-state index contributed by atoms with van der Waals surface area (Å²) in [6.07, 6.45) is 0.651. The molecule has 2 N–H and O–H groups in total. The van der Waals surface area contributed by atoms with E-state index in [2.05, 4.69) is 5.32 Å².